The summed E-state index contributed by atoms with van der Waals surface area (Å²) >= 11 is 0. The molecule has 4 nitrogen and oxygen atoms in total. The van der Waals surface area contributed by atoms with Gasteiger partial charge in [-0.3, -0.25) is 0 Å². The minimum atomic E-state index is -1.26. The smallest absolute Gasteiger partial charge is 0.328 e. The van der Waals surface area contributed by atoms with Gasteiger partial charge in [0.25, 0.3) is 0 Å². The monoisotopic (exact) mass is 117 g/mol. The van der Waals surface area contributed by atoms with E-state index in [2.05, 4.69) is 0 Å². The average Bonchev–Trinajstić information content (AvgIpc) is 1.61. The summed E-state index contributed by atoms with van der Waals surface area (Å²) < 4.78 is 0. The molecule has 0 aliphatic heterocycles. The third kappa shape index (κ3) is 4.68. The van der Waals surface area contributed by atoms with Gasteiger partial charge in [0.1, 0.15) is 0 Å². The first-order valence-corrected chi connectivity index (χ1v) is 1.77. The van der Waals surface area contributed by atoms with E-state index in [1.807, 2.05) is 0 Å². The highest BCUT2D eigenvalue weighted by Gasteiger charge is 1.88. The summed E-state index contributed by atoms with van der Waals surface area (Å²) in [6.45, 7) is 0. The van der Waals surface area contributed by atoms with Crippen LogP contribution in [-0.4, -0.2) is 22.2 Å². The van der Waals surface area contributed by atoms with Gasteiger partial charge in [0.15, 0.2) is 0 Å². The van der Waals surface area contributed by atoms with Gasteiger partial charge in [0, 0.05) is 12.2 Å². The minimum Gasteiger partial charge on any atom is -0.478 e. The fourth-order valence-corrected chi connectivity index (χ4v) is 0.143. The van der Waals surface area contributed by atoms with E-state index in [1.54, 1.807) is 0 Å². The van der Waals surface area contributed by atoms with Crippen LogP contribution in [0.4, 0.5) is 0 Å². The van der Waals surface area contributed by atoms with E-state index in [0.29, 0.717) is 12.2 Å². The van der Waals surface area contributed by atoms with Crippen molar-refractivity contribution in [3.8, 4) is 0 Å². The molecule has 0 aromatic carbocycles. The molecular weight excluding hydrogens is 113 g/mol. The predicted octanol–water partition coefficient (Wildman–Crippen LogP) is -0.288. The lowest BCUT2D eigenvalue weighted by Gasteiger charge is -1.74. The maximum Gasteiger partial charge on any atom is 0.328 e. The zero-order valence-electron chi connectivity index (χ0n) is 3.87. The van der Waals surface area contributed by atoms with E-state index in [9.17, 15) is 9.59 Å². The van der Waals surface area contributed by atoms with Gasteiger partial charge in [0.05, 0.1) is 0 Å². The number of carboxylic acid groups (broad SMARTS) is 2. The first-order valence-electron chi connectivity index (χ1n) is 1.77. The van der Waals surface area contributed by atoms with E-state index in [-0.39, 0.29) is 0 Å². The quantitative estimate of drug-likeness (QED) is 0.385. The van der Waals surface area contributed by atoms with Gasteiger partial charge in [-0.2, -0.15) is 0 Å². The van der Waals surface area contributed by atoms with Crippen molar-refractivity contribution >= 4 is 11.9 Å². The molecule has 0 bridgehead atoms. The summed E-state index contributed by atoms with van der Waals surface area (Å²) in [5.74, 6) is -2.51. The van der Waals surface area contributed by atoms with Crippen LogP contribution in [0, 0.1) is 0 Å². The Bertz CT molecular complexity index is 119. The van der Waals surface area contributed by atoms with Crippen LogP contribution in [0.25, 0.3) is 0 Å². The van der Waals surface area contributed by atoms with Crippen LogP contribution in [0.3, 0.4) is 0 Å². The lowest BCUT2D eigenvalue weighted by Crippen LogP contribution is -1.91. The van der Waals surface area contributed by atoms with Crippen molar-refractivity contribution in [3.05, 3.63) is 12.2 Å². The first-order chi connectivity index (χ1) is 3.63. The van der Waals surface area contributed by atoms with E-state index >= 15 is 0 Å². The molecule has 0 rings (SSSR count). The molecule has 0 amide bonds. The summed E-state index contributed by atoms with van der Waals surface area (Å²) in [5.41, 5.74) is 0. The Morgan fingerprint density at radius 2 is 1.25 bits per heavy atom. The van der Waals surface area contributed by atoms with Crippen LogP contribution in [0.2, 0.25) is 0 Å². The Hall–Kier alpha value is -1.32. The van der Waals surface area contributed by atoms with Gasteiger partial charge < -0.3 is 10.2 Å². The Labute approximate surface area is 45.1 Å². The predicted molar refractivity (Wildman–Crippen MR) is 24.4 cm³/mol. The molecule has 0 heterocycles. The van der Waals surface area contributed by atoms with Gasteiger partial charge in [-0.05, 0) is 0 Å². The van der Waals surface area contributed by atoms with E-state index in [1.165, 1.54) is 0 Å². The molecule has 0 saturated heterocycles. The largest absolute Gasteiger partial charge is 0.478 e. The molecule has 2 N–H and O–H groups in total. The van der Waals surface area contributed by atoms with Crippen molar-refractivity contribution in [3.63, 3.8) is 0 Å². The molecule has 0 aromatic rings. The van der Waals surface area contributed by atoms with Crippen molar-refractivity contribution in [1.82, 2.24) is 0 Å². The van der Waals surface area contributed by atoms with Crippen molar-refractivity contribution in [2.45, 2.75) is 0 Å². The second-order valence-corrected chi connectivity index (χ2v) is 1.01. The van der Waals surface area contributed by atoms with Crippen LogP contribution in [0.15, 0.2) is 12.2 Å². The Balaban J connectivity index is 3.67. The van der Waals surface area contributed by atoms with Gasteiger partial charge in [-0.25, -0.2) is 9.59 Å². The number of aliphatic carboxylic acids is 2. The van der Waals surface area contributed by atoms with Crippen LogP contribution < -0.4 is 0 Å². The second-order valence-electron chi connectivity index (χ2n) is 1.01. The topological polar surface area (TPSA) is 74.6 Å². The highest BCUT2D eigenvalue weighted by Crippen LogP contribution is 1.70. The van der Waals surface area contributed by atoms with Crippen molar-refractivity contribution in [1.29, 1.82) is 0 Å². The minimum absolute atomic E-state index is 0.558. The molecule has 4 heteroatoms. The molecule has 0 spiro atoms. The van der Waals surface area contributed by atoms with Crippen LogP contribution in [0.5, 0.6) is 0 Å². The molecule has 0 atom stereocenters. The highest BCUT2D eigenvalue weighted by atomic mass is 16.5. The average molecular weight is 117 g/mol. The molecule has 0 aromatic heterocycles. The van der Waals surface area contributed by atoms with Crippen LogP contribution in [0.1, 0.15) is 0 Å². The van der Waals surface area contributed by atoms with Crippen molar-refractivity contribution in [2.24, 2.45) is 0 Å². The molecule has 44 valence electrons. The van der Waals surface area contributed by atoms with Crippen molar-refractivity contribution < 1.29 is 19.8 Å². The van der Waals surface area contributed by atoms with E-state index < -0.39 is 11.9 Å². The summed E-state index contributed by atoms with van der Waals surface area (Å²) in [7, 11) is 0. The standard InChI is InChI=1S/C4H4O4/c5-3(6)1-2-4(7)8/h1-2H,(H,5,6)(H,7,8)/b2-1-/i3+1. The fourth-order valence-electron chi connectivity index (χ4n) is 0.143. The molecule has 0 aliphatic rings. The Kier molecular flexibility index (Phi) is 2.33. The summed E-state index contributed by atoms with van der Waals surface area (Å²) in [6.07, 6.45) is 1.12. The number of rotatable bonds is 2. The van der Waals surface area contributed by atoms with E-state index in [4.69, 9.17) is 10.2 Å². The summed E-state index contributed by atoms with van der Waals surface area (Å²) in [5, 5.41) is 15.6. The summed E-state index contributed by atoms with van der Waals surface area (Å²) in [6, 6.07) is 0. The third-order valence-corrected chi connectivity index (χ3v) is 0.368. The number of hydrogen-bond donors (Lipinski definition) is 2. The lowest BCUT2D eigenvalue weighted by molar-refractivity contribution is -0.134. The maximum atomic E-state index is 9.55. The normalized spacial score (nSPS) is 9.50. The maximum absolute atomic E-state index is 9.55. The fraction of sp³-hybridized carbons (Fsp3) is 0. The zero-order valence-corrected chi connectivity index (χ0v) is 3.87. The van der Waals surface area contributed by atoms with Crippen LogP contribution in [-0.2, 0) is 9.59 Å². The SMILES string of the molecule is O=C(O)/C=C\[13C](=O)O. The summed E-state index contributed by atoms with van der Waals surface area (Å²) in [4.78, 5) is 19.1. The zero-order chi connectivity index (χ0) is 6.57. The molecule has 8 heavy (non-hydrogen) atoms. The first kappa shape index (κ1) is 6.68. The molecule has 0 aliphatic carbocycles. The van der Waals surface area contributed by atoms with Gasteiger partial charge in [-0.15, -0.1) is 0 Å². The number of carbonyl (C=O) groups is 2. The van der Waals surface area contributed by atoms with Crippen LogP contribution >= 0.6 is 0 Å². The molecular formula is C4H4O4. The molecule has 0 fully saturated rings. The Morgan fingerprint density at radius 3 is 1.38 bits per heavy atom. The third-order valence-electron chi connectivity index (χ3n) is 0.368. The highest BCUT2D eigenvalue weighted by molar-refractivity contribution is 5.89. The number of hydrogen-bond acceptors (Lipinski definition) is 2. The van der Waals surface area contributed by atoms with Gasteiger partial charge in [0.2, 0.25) is 0 Å². The van der Waals surface area contributed by atoms with Gasteiger partial charge >= 0.3 is 11.9 Å². The van der Waals surface area contributed by atoms with E-state index in [0.717, 1.165) is 0 Å². The lowest BCUT2D eigenvalue weighted by atomic mass is 10.6. The second kappa shape index (κ2) is 2.79. The molecule has 0 radical (unpaired) electrons. The number of carboxylic acids is 2. The van der Waals surface area contributed by atoms with Gasteiger partial charge in [-0.1, -0.05) is 0 Å². The molecule has 0 unspecified atom stereocenters. The Morgan fingerprint density at radius 1 is 1.00 bits per heavy atom. The van der Waals surface area contributed by atoms with Crippen molar-refractivity contribution in [2.75, 3.05) is 0 Å². The molecule has 0 saturated carbocycles.